The Kier molecular flexibility index (Phi) is 4.51. The maximum Gasteiger partial charge on any atom is 0.252 e. The minimum absolute atomic E-state index is 0.111. The largest absolute Gasteiger partial charge is 0.497 e. The standard InChI is InChI=1S/C17H18N4O4/c1-10-18-14(8-15(22)19-10)20-17(24)11-7-16(23)21(9-11)12-3-5-13(25-2)6-4-12/h3-6,8,11H,7,9H2,1-2H3,(H2,18,19,20,22,24). The summed E-state index contributed by atoms with van der Waals surface area (Å²) in [5.74, 6) is 0.324. The molecule has 25 heavy (non-hydrogen) atoms. The van der Waals surface area contributed by atoms with E-state index >= 15 is 0 Å². The lowest BCUT2D eigenvalue weighted by atomic mass is 10.1. The van der Waals surface area contributed by atoms with E-state index in [1.165, 1.54) is 6.07 Å². The molecule has 1 aromatic heterocycles. The number of methoxy groups -OCH3 is 1. The van der Waals surface area contributed by atoms with Gasteiger partial charge in [-0.1, -0.05) is 0 Å². The summed E-state index contributed by atoms with van der Waals surface area (Å²) in [5.41, 5.74) is 0.372. The van der Waals surface area contributed by atoms with E-state index in [1.54, 1.807) is 43.2 Å². The molecule has 2 aromatic rings. The summed E-state index contributed by atoms with van der Waals surface area (Å²) in [7, 11) is 1.57. The van der Waals surface area contributed by atoms with Crippen molar-refractivity contribution in [1.82, 2.24) is 9.97 Å². The highest BCUT2D eigenvalue weighted by molar-refractivity contribution is 6.03. The molecule has 2 amide bonds. The first-order valence-corrected chi connectivity index (χ1v) is 7.79. The Bertz CT molecular complexity index is 860. The van der Waals surface area contributed by atoms with E-state index in [0.29, 0.717) is 17.3 Å². The first kappa shape index (κ1) is 16.7. The zero-order chi connectivity index (χ0) is 18.0. The molecule has 0 radical (unpaired) electrons. The number of nitrogens with one attached hydrogen (secondary N) is 2. The third kappa shape index (κ3) is 3.68. The van der Waals surface area contributed by atoms with Crippen LogP contribution in [0.5, 0.6) is 5.75 Å². The van der Waals surface area contributed by atoms with Crippen molar-refractivity contribution in [2.45, 2.75) is 13.3 Å². The summed E-state index contributed by atoms with van der Waals surface area (Å²) in [4.78, 5) is 44.2. The Morgan fingerprint density at radius 3 is 2.68 bits per heavy atom. The molecular weight excluding hydrogens is 324 g/mol. The molecule has 1 atom stereocenters. The lowest BCUT2D eigenvalue weighted by molar-refractivity contribution is -0.122. The van der Waals surface area contributed by atoms with Crippen LogP contribution in [0.4, 0.5) is 11.5 Å². The van der Waals surface area contributed by atoms with Crippen molar-refractivity contribution in [1.29, 1.82) is 0 Å². The molecule has 2 N–H and O–H groups in total. The number of hydrogen-bond donors (Lipinski definition) is 2. The zero-order valence-corrected chi connectivity index (χ0v) is 13.9. The number of aromatic amines is 1. The van der Waals surface area contributed by atoms with Crippen molar-refractivity contribution in [2.24, 2.45) is 5.92 Å². The summed E-state index contributed by atoms with van der Waals surface area (Å²) in [5, 5.41) is 2.61. The molecule has 3 rings (SSSR count). The van der Waals surface area contributed by atoms with Gasteiger partial charge in [0.05, 0.1) is 13.0 Å². The number of ether oxygens (including phenoxy) is 1. The fraction of sp³-hybridized carbons (Fsp3) is 0.294. The highest BCUT2D eigenvalue weighted by Gasteiger charge is 2.35. The Labute approximate surface area is 143 Å². The molecule has 8 nitrogen and oxygen atoms in total. The number of nitrogens with zero attached hydrogens (tertiary/aromatic N) is 2. The fourth-order valence-corrected chi connectivity index (χ4v) is 2.77. The van der Waals surface area contributed by atoms with Gasteiger partial charge in [-0.2, -0.15) is 0 Å². The molecule has 1 saturated heterocycles. The van der Waals surface area contributed by atoms with Gasteiger partial charge in [0.15, 0.2) is 0 Å². The molecule has 1 aliphatic rings. The summed E-state index contributed by atoms with van der Waals surface area (Å²) in [6.45, 7) is 1.90. The molecule has 0 bridgehead atoms. The average molecular weight is 342 g/mol. The number of H-pyrrole nitrogens is 1. The lowest BCUT2D eigenvalue weighted by Gasteiger charge is -2.17. The molecule has 0 saturated carbocycles. The van der Waals surface area contributed by atoms with Crippen LogP contribution >= 0.6 is 0 Å². The maximum absolute atomic E-state index is 12.4. The molecule has 1 aromatic carbocycles. The van der Waals surface area contributed by atoms with Crippen molar-refractivity contribution >= 4 is 23.3 Å². The Morgan fingerprint density at radius 2 is 2.04 bits per heavy atom. The SMILES string of the molecule is COc1ccc(N2CC(C(=O)Nc3cc(=O)[nH]c(C)n3)CC2=O)cc1. The van der Waals surface area contributed by atoms with Crippen molar-refractivity contribution in [3.05, 3.63) is 46.5 Å². The molecule has 0 spiro atoms. The van der Waals surface area contributed by atoms with E-state index in [2.05, 4.69) is 15.3 Å². The monoisotopic (exact) mass is 342 g/mol. The number of aryl methyl sites for hydroxylation is 1. The minimum Gasteiger partial charge on any atom is -0.497 e. The van der Waals surface area contributed by atoms with Crippen LogP contribution in [0.1, 0.15) is 12.2 Å². The van der Waals surface area contributed by atoms with E-state index < -0.39 is 5.92 Å². The number of benzene rings is 1. The van der Waals surface area contributed by atoms with Crippen LogP contribution in [0.2, 0.25) is 0 Å². The normalized spacial score (nSPS) is 16.8. The molecule has 8 heteroatoms. The van der Waals surface area contributed by atoms with Crippen molar-refractivity contribution in [3.8, 4) is 5.75 Å². The molecule has 130 valence electrons. The van der Waals surface area contributed by atoms with Gasteiger partial charge in [0.25, 0.3) is 5.56 Å². The smallest absolute Gasteiger partial charge is 0.252 e. The summed E-state index contributed by atoms with van der Waals surface area (Å²) in [6, 6.07) is 8.29. The van der Waals surface area contributed by atoms with Crippen LogP contribution < -0.4 is 20.5 Å². The van der Waals surface area contributed by atoms with E-state index in [1.807, 2.05) is 0 Å². The van der Waals surface area contributed by atoms with E-state index in [-0.39, 0.29) is 36.2 Å². The third-order valence-corrected chi connectivity index (χ3v) is 3.99. The number of anilines is 2. The second-order valence-corrected chi connectivity index (χ2v) is 5.81. The summed E-state index contributed by atoms with van der Waals surface area (Å²) < 4.78 is 5.10. The van der Waals surface area contributed by atoms with E-state index in [0.717, 1.165) is 0 Å². The van der Waals surface area contributed by atoms with Gasteiger partial charge in [0.1, 0.15) is 17.4 Å². The van der Waals surface area contributed by atoms with Gasteiger partial charge >= 0.3 is 0 Å². The predicted octanol–water partition coefficient (Wildman–Crippen LogP) is 1.08. The van der Waals surface area contributed by atoms with E-state index in [4.69, 9.17) is 4.74 Å². The number of carbonyl (C=O) groups is 2. The second kappa shape index (κ2) is 6.76. The predicted molar refractivity (Wildman–Crippen MR) is 91.7 cm³/mol. The molecule has 1 aliphatic heterocycles. The maximum atomic E-state index is 12.4. The summed E-state index contributed by atoms with van der Waals surface area (Å²) >= 11 is 0. The quantitative estimate of drug-likeness (QED) is 0.865. The first-order valence-electron chi connectivity index (χ1n) is 7.79. The Hall–Kier alpha value is -3.16. The molecule has 1 fully saturated rings. The Morgan fingerprint density at radius 1 is 1.32 bits per heavy atom. The van der Waals surface area contributed by atoms with Gasteiger partial charge in [-0.05, 0) is 31.2 Å². The van der Waals surface area contributed by atoms with Crippen LogP contribution in [-0.4, -0.2) is 35.4 Å². The van der Waals surface area contributed by atoms with Crippen molar-refractivity contribution < 1.29 is 14.3 Å². The van der Waals surface area contributed by atoms with Crippen LogP contribution in [-0.2, 0) is 9.59 Å². The van der Waals surface area contributed by atoms with Crippen LogP contribution in [0.15, 0.2) is 35.1 Å². The van der Waals surface area contributed by atoms with Gasteiger partial charge in [0.2, 0.25) is 11.8 Å². The number of rotatable bonds is 4. The first-order chi connectivity index (χ1) is 12.0. The van der Waals surface area contributed by atoms with Crippen molar-refractivity contribution in [3.63, 3.8) is 0 Å². The fourth-order valence-electron chi connectivity index (χ4n) is 2.77. The highest BCUT2D eigenvalue weighted by atomic mass is 16.5. The topological polar surface area (TPSA) is 104 Å². The highest BCUT2D eigenvalue weighted by Crippen LogP contribution is 2.27. The number of aromatic nitrogens is 2. The van der Waals surface area contributed by atoms with Crippen LogP contribution in [0.25, 0.3) is 0 Å². The van der Waals surface area contributed by atoms with Crippen LogP contribution in [0, 0.1) is 12.8 Å². The molecular formula is C17H18N4O4. The Balaban J connectivity index is 1.70. The zero-order valence-electron chi connectivity index (χ0n) is 13.9. The third-order valence-electron chi connectivity index (χ3n) is 3.99. The number of hydrogen-bond acceptors (Lipinski definition) is 5. The lowest BCUT2D eigenvalue weighted by Crippen LogP contribution is -2.28. The van der Waals surface area contributed by atoms with Gasteiger partial charge in [-0.25, -0.2) is 4.98 Å². The average Bonchev–Trinajstić information content (AvgIpc) is 2.96. The van der Waals surface area contributed by atoms with Gasteiger partial charge in [0, 0.05) is 24.7 Å². The molecule has 1 unspecified atom stereocenters. The molecule has 0 aliphatic carbocycles. The van der Waals surface area contributed by atoms with Gasteiger partial charge in [-0.3, -0.25) is 14.4 Å². The van der Waals surface area contributed by atoms with Gasteiger partial charge in [-0.15, -0.1) is 0 Å². The minimum atomic E-state index is -0.504. The number of amides is 2. The van der Waals surface area contributed by atoms with Crippen LogP contribution in [0.3, 0.4) is 0 Å². The van der Waals surface area contributed by atoms with E-state index in [9.17, 15) is 14.4 Å². The molecule has 2 heterocycles. The number of carbonyl (C=O) groups excluding carboxylic acids is 2. The van der Waals surface area contributed by atoms with Gasteiger partial charge < -0.3 is 19.9 Å². The second-order valence-electron chi connectivity index (χ2n) is 5.81. The summed E-state index contributed by atoms with van der Waals surface area (Å²) in [6.07, 6.45) is 0.111. The van der Waals surface area contributed by atoms with Crippen molar-refractivity contribution in [2.75, 3.05) is 23.9 Å².